The van der Waals surface area contributed by atoms with Crippen LogP contribution in [-0.4, -0.2) is 70.1 Å². The van der Waals surface area contributed by atoms with E-state index in [0.717, 1.165) is 0 Å². The molecule has 37 heavy (non-hydrogen) atoms. The van der Waals surface area contributed by atoms with Crippen LogP contribution in [0.15, 0.2) is 42.6 Å². The van der Waals surface area contributed by atoms with Crippen LogP contribution in [0.1, 0.15) is 18.0 Å². The Morgan fingerprint density at radius 1 is 1.11 bits per heavy atom. The SMILES string of the molecule is COCCOc1c(F)ccc2ccc(-c3nnc4ccc([C@@H](N5CCC(N)C5)C(F)(F)F)cn34)nc12.Cl. The van der Waals surface area contributed by atoms with Gasteiger partial charge in [0.25, 0.3) is 0 Å². The van der Waals surface area contributed by atoms with Crippen LogP contribution >= 0.6 is 12.4 Å². The highest BCUT2D eigenvalue weighted by atomic mass is 35.5. The first kappa shape index (κ1) is 27.0. The Morgan fingerprint density at radius 2 is 1.89 bits per heavy atom. The Balaban J connectivity index is 0.00000320. The first-order valence-corrected chi connectivity index (χ1v) is 11.4. The van der Waals surface area contributed by atoms with E-state index < -0.39 is 18.0 Å². The summed E-state index contributed by atoms with van der Waals surface area (Å²) in [6, 6.07) is 7.00. The third-order valence-electron chi connectivity index (χ3n) is 6.20. The zero-order valence-corrected chi connectivity index (χ0v) is 20.6. The van der Waals surface area contributed by atoms with Crippen LogP contribution < -0.4 is 10.5 Å². The highest BCUT2D eigenvalue weighted by Crippen LogP contribution is 2.39. The van der Waals surface area contributed by atoms with E-state index in [4.69, 9.17) is 15.2 Å². The van der Waals surface area contributed by atoms with Crippen molar-refractivity contribution in [3.63, 3.8) is 0 Å². The van der Waals surface area contributed by atoms with Crippen molar-refractivity contribution in [2.24, 2.45) is 5.73 Å². The van der Waals surface area contributed by atoms with E-state index in [9.17, 15) is 17.6 Å². The van der Waals surface area contributed by atoms with Crippen molar-refractivity contribution in [2.75, 3.05) is 33.4 Å². The van der Waals surface area contributed by atoms with Crippen LogP contribution in [0.25, 0.3) is 28.1 Å². The molecule has 0 spiro atoms. The zero-order chi connectivity index (χ0) is 25.4. The number of ether oxygens (including phenoxy) is 2. The molecule has 198 valence electrons. The number of fused-ring (bicyclic) bond motifs is 2. The average Bonchev–Trinajstić information content (AvgIpc) is 3.45. The fourth-order valence-corrected chi connectivity index (χ4v) is 4.53. The number of methoxy groups -OCH3 is 1. The van der Waals surface area contributed by atoms with E-state index in [1.165, 1.54) is 40.8 Å². The maximum absolute atomic E-state index is 14.5. The summed E-state index contributed by atoms with van der Waals surface area (Å²) in [6.45, 7) is 0.785. The van der Waals surface area contributed by atoms with Crippen molar-refractivity contribution in [3.8, 4) is 17.3 Å². The zero-order valence-electron chi connectivity index (χ0n) is 19.8. The maximum Gasteiger partial charge on any atom is 0.408 e. The second kappa shape index (κ2) is 10.7. The number of likely N-dealkylation sites (tertiary alicyclic amines) is 1. The molecule has 1 aliphatic rings. The third-order valence-corrected chi connectivity index (χ3v) is 6.20. The number of nitrogens with two attached hydrogens (primary N) is 1. The van der Waals surface area contributed by atoms with E-state index in [0.29, 0.717) is 23.1 Å². The lowest BCUT2D eigenvalue weighted by Gasteiger charge is -2.30. The second-order valence-corrected chi connectivity index (χ2v) is 8.69. The molecule has 0 aliphatic carbocycles. The minimum absolute atomic E-state index is 0. The Hall–Kier alpha value is -3.06. The Kier molecular flexibility index (Phi) is 7.83. The number of benzene rings is 1. The summed E-state index contributed by atoms with van der Waals surface area (Å²) in [5.74, 6) is -0.406. The number of pyridine rings is 2. The fraction of sp³-hybridized carbons (Fsp3) is 0.375. The van der Waals surface area contributed by atoms with Crippen molar-refractivity contribution < 1.29 is 27.0 Å². The highest BCUT2D eigenvalue weighted by molar-refractivity contribution is 5.86. The number of hydrogen-bond acceptors (Lipinski definition) is 7. The molecule has 1 aliphatic heterocycles. The number of halogens is 5. The summed E-state index contributed by atoms with van der Waals surface area (Å²) in [5, 5.41) is 8.87. The van der Waals surface area contributed by atoms with Gasteiger partial charge in [0.15, 0.2) is 23.0 Å². The normalized spacial score (nSPS) is 17.3. The number of nitrogens with zero attached hydrogens (tertiary/aromatic N) is 5. The molecule has 4 heterocycles. The Morgan fingerprint density at radius 3 is 2.59 bits per heavy atom. The van der Waals surface area contributed by atoms with Gasteiger partial charge in [0.2, 0.25) is 0 Å². The summed E-state index contributed by atoms with van der Waals surface area (Å²) in [6.07, 6.45) is -2.63. The van der Waals surface area contributed by atoms with Gasteiger partial charge < -0.3 is 15.2 Å². The predicted octanol–water partition coefficient (Wildman–Crippen LogP) is 4.17. The van der Waals surface area contributed by atoms with Crippen LogP contribution in [0, 0.1) is 5.82 Å². The molecule has 0 saturated carbocycles. The molecule has 4 aromatic rings. The van der Waals surface area contributed by atoms with E-state index in [-0.39, 0.29) is 67.4 Å². The van der Waals surface area contributed by atoms with Gasteiger partial charge in [0, 0.05) is 37.8 Å². The predicted molar refractivity (Wildman–Crippen MR) is 131 cm³/mol. The summed E-state index contributed by atoms with van der Waals surface area (Å²) >= 11 is 0. The van der Waals surface area contributed by atoms with Gasteiger partial charge in [-0.2, -0.15) is 13.2 Å². The second-order valence-electron chi connectivity index (χ2n) is 8.69. The summed E-state index contributed by atoms with van der Waals surface area (Å²) in [4.78, 5) is 5.88. The summed E-state index contributed by atoms with van der Waals surface area (Å²) in [5.41, 5.74) is 6.84. The molecule has 1 fully saturated rings. The number of alkyl halides is 3. The molecular formula is C24H25ClF4N6O2. The number of rotatable bonds is 7. The molecule has 0 bridgehead atoms. The van der Waals surface area contributed by atoms with E-state index in [1.807, 2.05) is 0 Å². The van der Waals surface area contributed by atoms with Crippen LogP contribution in [0.3, 0.4) is 0 Å². The first-order chi connectivity index (χ1) is 17.3. The van der Waals surface area contributed by atoms with Crippen LogP contribution in [-0.2, 0) is 4.74 Å². The summed E-state index contributed by atoms with van der Waals surface area (Å²) in [7, 11) is 1.51. The average molecular weight is 541 g/mol. The molecular weight excluding hydrogens is 516 g/mol. The largest absolute Gasteiger partial charge is 0.486 e. The van der Waals surface area contributed by atoms with Crippen molar-refractivity contribution >= 4 is 29.0 Å². The van der Waals surface area contributed by atoms with Crippen LogP contribution in [0.5, 0.6) is 5.75 Å². The van der Waals surface area contributed by atoms with Gasteiger partial charge in [-0.15, -0.1) is 22.6 Å². The monoisotopic (exact) mass is 540 g/mol. The molecule has 0 amide bonds. The topological polar surface area (TPSA) is 90.8 Å². The number of aromatic nitrogens is 4. The van der Waals surface area contributed by atoms with Crippen molar-refractivity contribution in [1.82, 2.24) is 24.5 Å². The minimum atomic E-state index is -4.50. The van der Waals surface area contributed by atoms with Gasteiger partial charge in [0.1, 0.15) is 23.9 Å². The Labute approximate surface area is 215 Å². The molecule has 1 aromatic carbocycles. The lowest BCUT2D eigenvalue weighted by atomic mass is 10.1. The van der Waals surface area contributed by atoms with Crippen LogP contribution in [0.4, 0.5) is 17.6 Å². The van der Waals surface area contributed by atoms with E-state index >= 15 is 0 Å². The molecule has 3 aromatic heterocycles. The molecule has 1 unspecified atom stereocenters. The van der Waals surface area contributed by atoms with Gasteiger partial charge in [-0.1, -0.05) is 12.1 Å². The Bertz CT molecular complexity index is 1400. The minimum Gasteiger partial charge on any atom is -0.486 e. The summed E-state index contributed by atoms with van der Waals surface area (Å²) < 4.78 is 68.9. The molecule has 5 rings (SSSR count). The highest BCUT2D eigenvalue weighted by Gasteiger charge is 2.46. The smallest absolute Gasteiger partial charge is 0.408 e. The number of hydrogen-bond donors (Lipinski definition) is 1. The molecule has 0 radical (unpaired) electrons. The van der Waals surface area contributed by atoms with Gasteiger partial charge in [-0.05, 0) is 36.2 Å². The quantitative estimate of drug-likeness (QED) is 0.278. The third kappa shape index (κ3) is 5.33. The van der Waals surface area contributed by atoms with Gasteiger partial charge in [-0.3, -0.25) is 9.30 Å². The maximum atomic E-state index is 14.5. The van der Waals surface area contributed by atoms with Crippen molar-refractivity contribution in [1.29, 1.82) is 0 Å². The lowest BCUT2D eigenvalue weighted by molar-refractivity contribution is -0.183. The van der Waals surface area contributed by atoms with Crippen molar-refractivity contribution in [2.45, 2.75) is 24.7 Å². The molecule has 8 nitrogen and oxygen atoms in total. The standard InChI is InChI=1S/C24H24F4N6O2.ClH/c1-35-10-11-36-21-17(25)5-2-14-3-6-18(30-20(14)21)23-32-31-19-7-4-15(12-34(19)23)22(24(26,27)28)33-9-8-16(29)13-33;/h2-7,12,16,22H,8-11,13,29H2,1H3;1H/t16?,22-;/m1./s1. The van der Waals surface area contributed by atoms with Crippen LogP contribution in [0.2, 0.25) is 0 Å². The van der Waals surface area contributed by atoms with Gasteiger partial charge in [0.05, 0.1) is 6.61 Å². The molecule has 1 saturated heterocycles. The van der Waals surface area contributed by atoms with Crippen molar-refractivity contribution in [3.05, 3.63) is 54.0 Å². The lowest BCUT2D eigenvalue weighted by Crippen LogP contribution is -2.38. The fourth-order valence-electron chi connectivity index (χ4n) is 4.53. The molecule has 2 N–H and O–H groups in total. The van der Waals surface area contributed by atoms with Gasteiger partial charge >= 0.3 is 6.18 Å². The van der Waals surface area contributed by atoms with E-state index in [1.54, 1.807) is 18.2 Å². The molecule has 13 heteroatoms. The van der Waals surface area contributed by atoms with E-state index in [2.05, 4.69) is 15.2 Å². The first-order valence-electron chi connectivity index (χ1n) is 11.4. The van der Waals surface area contributed by atoms with Gasteiger partial charge in [-0.25, -0.2) is 9.37 Å². The molecule has 2 atom stereocenters.